The van der Waals surface area contributed by atoms with Gasteiger partial charge in [-0.25, -0.2) is 0 Å². The van der Waals surface area contributed by atoms with Crippen LogP contribution < -0.4 is 10.2 Å². The number of piperidine rings is 1. The number of hydrogen-bond acceptors (Lipinski definition) is 5. The van der Waals surface area contributed by atoms with Gasteiger partial charge in [0, 0.05) is 45.5 Å². The highest BCUT2D eigenvalue weighted by molar-refractivity contribution is 14.0. The van der Waals surface area contributed by atoms with Gasteiger partial charge in [0.25, 0.3) is 0 Å². The van der Waals surface area contributed by atoms with Crippen molar-refractivity contribution in [1.82, 2.24) is 10.2 Å². The van der Waals surface area contributed by atoms with E-state index in [1.54, 1.807) is 0 Å². The Labute approximate surface area is 190 Å². The summed E-state index contributed by atoms with van der Waals surface area (Å²) in [4.78, 5) is 21.0. The number of morpholine rings is 1. The Morgan fingerprint density at radius 2 is 1.90 bits per heavy atom. The van der Waals surface area contributed by atoms with Gasteiger partial charge in [-0.1, -0.05) is 18.2 Å². The molecule has 2 aliphatic rings. The van der Waals surface area contributed by atoms with E-state index in [2.05, 4.69) is 44.4 Å². The fraction of sp³-hybridized carbons (Fsp3) is 0.619. The van der Waals surface area contributed by atoms with E-state index in [1.165, 1.54) is 11.3 Å². The molecule has 0 atom stereocenters. The molecular weight excluding hydrogens is 483 g/mol. The van der Waals surface area contributed by atoms with E-state index in [1.807, 2.05) is 14.0 Å². The Balaban J connectivity index is 0.00000300. The van der Waals surface area contributed by atoms with Crippen LogP contribution in [0.1, 0.15) is 25.3 Å². The van der Waals surface area contributed by atoms with Crippen LogP contribution in [0.15, 0.2) is 29.3 Å². The molecular formula is C21H33IN4O3. The second kappa shape index (κ2) is 12.2. The van der Waals surface area contributed by atoms with Gasteiger partial charge in [0.2, 0.25) is 0 Å². The number of guanidine groups is 1. The lowest BCUT2D eigenvalue weighted by Gasteiger charge is -2.34. The summed E-state index contributed by atoms with van der Waals surface area (Å²) in [7, 11) is 1.81. The molecule has 0 unspecified atom stereocenters. The highest BCUT2D eigenvalue weighted by Crippen LogP contribution is 2.22. The number of nitrogens with one attached hydrogen (secondary N) is 1. The van der Waals surface area contributed by atoms with E-state index < -0.39 is 0 Å². The number of benzene rings is 1. The molecule has 0 aromatic heterocycles. The molecule has 1 N–H and O–H groups in total. The molecule has 1 aromatic rings. The topological polar surface area (TPSA) is 66.4 Å². The predicted molar refractivity (Wildman–Crippen MR) is 126 cm³/mol. The van der Waals surface area contributed by atoms with Gasteiger partial charge in [-0.05, 0) is 31.4 Å². The summed E-state index contributed by atoms with van der Waals surface area (Å²) in [6.45, 7) is 8.05. The first-order chi connectivity index (χ1) is 13.7. The molecule has 0 spiro atoms. The number of halogens is 1. The molecule has 29 heavy (non-hydrogen) atoms. The Kier molecular flexibility index (Phi) is 9.99. The summed E-state index contributed by atoms with van der Waals surface area (Å²) in [5, 5.41) is 3.51. The second-order valence-corrected chi connectivity index (χ2v) is 7.14. The number of rotatable bonds is 5. The number of ether oxygens (including phenoxy) is 2. The summed E-state index contributed by atoms with van der Waals surface area (Å²) in [5.41, 5.74) is 2.52. The van der Waals surface area contributed by atoms with Crippen molar-refractivity contribution in [1.29, 1.82) is 0 Å². The summed E-state index contributed by atoms with van der Waals surface area (Å²) in [5.74, 6) is 0.833. The van der Waals surface area contributed by atoms with E-state index in [4.69, 9.17) is 9.47 Å². The lowest BCUT2D eigenvalue weighted by molar-refractivity contribution is -0.149. The van der Waals surface area contributed by atoms with Crippen molar-refractivity contribution >= 4 is 41.6 Å². The van der Waals surface area contributed by atoms with E-state index in [0.717, 1.165) is 64.7 Å². The van der Waals surface area contributed by atoms with Gasteiger partial charge in [-0.2, -0.15) is 0 Å². The fourth-order valence-electron chi connectivity index (χ4n) is 3.87. The van der Waals surface area contributed by atoms with Crippen molar-refractivity contribution in [3.63, 3.8) is 0 Å². The van der Waals surface area contributed by atoms with Crippen molar-refractivity contribution in [3.8, 4) is 0 Å². The molecule has 8 heteroatoms. The molecule has 0 radical (unpaired) electrons. The first kappa shape index (κ1) is 23.7. The first-order valence-electron chi connectivity index (χ1n) is 10.3. The predicted octanol–water partition coefficient (Wildman–Crippen LogP) is 2.49. The Morgan fingerprint density at radius 3 is 2.55 bits per heavy atom. The molecule has 3 rings (SSSR count). The van der Waals surface area contributed by atoms with Crippen molar-refractivity contribution in [2.24, 2.45) is 10.9 Å². The molecule has 1 aromatic carbocycles. The van der Waals surface area contributed by atoms with Gasteiger partial charge in [-0.3, -0.25) is 9.79 Å². The zero-order valence-electron chi connectivity index (χ0n) is 17.4. The maximum Gasteiger partial charge on any atom is 0.309 e. The van der Waals surface area contributed by atoms with Gasteiger partial charge < -0.3 is 24.6 Å². The van der Waals surface area contributed by atoms with Gasteiger partial charge in [0.05, 0.1) is 25.7 Å². The molecule has 162 valence electrons. The van der Waals surface area contributed by atoms with Crippen LogP contribution in [0, 0.1) is 5.92 Å². The van der Waals surface area contributed by atoms with Crippen LogP contribution >= 0.6 is 24.0 Å². The van der Waals surface area contributed by atoms with Crippen LogP contribution in [-0.2, 0) is 20.8 Å². The highest BCUT2D eigenvalue weighted by Gasteiger charge is 2.27. The maximum atomic E-state index is 11.9. The van der Waals surface area contributed by atoms with Crippen molar-refractivity contribution in [2.45, 2.75) is 26.3 Å². The molecule has 2 aliphatic heterocycles. The number of carbonyl (C=O) groups excluding carboxylic acids is 1. The van der Waals surface area contributed by atoms with Gasteiger partial charge in [0.1, 0.15) is 0 Å². The summed E-state index contributed by atoms with van der Waals surface area (Å²) in [6.07, 6.45) is 1.62. The second-order valence-electron chi connectivity index (χ2n) is 7.14. The minimum absolute atomic E-state index is 0. The number of esters is 1. The van der Waals surface area contributed by atoms with E-state index in [9.17, 15) is 4.79 Å². The fourth-order valence-corrected chi connectivity index (χ4v) is 3.87. The number of hydrogen-bond donors (Lipinski definition) is 1. The number of likely N-dealkylation sites (tertiary alicyclic amines) is 1. The lowest BCUT2D eigenvalue weighted by Crippen LogP contribution is -2.46. The van der Waals surface area contributed by atoms with E-state index in [0.29, 0.717) is 6.61 Å². The van der Waals surface area contributed by atoms with Crippen molar-refractivity contribution in [2.75, 3.05) is 57.9 Å². The lowest BCUT2D eigenvalue weighted by atomic mass is 9.97. The smallest absolute Gasteiger partial charge is 0.309 e. The maximum absolute atomic E-state index is 11.9. The Morgan fingerprint density at radius 1 is 1.21 bits per heavy atom. The average molecular weight is 516 g/mol. The number of para-hydroxylation sites is 1. The SMILES string of the molecule is CCOC(=O)C1CCN(C(=NC)NCc2ccccc2N2CCOCC2)CC1.I. The van der Waals surface area contributed by atoms with E-state index >= 15 is 0 Å². The Bertz CT molecular complexity index is 672. The molecule has 2 saturated heterocycles. The average Bonchev–Trinajstić information content (AvgIpc) is 2.76. The molecule has 7 nitrogen and oxygen atoms in total. The summed E-state index contributed by atoms with van der Waals surface area (Å²) in [6, 6.07) is 8.51. The number of anilines is 1. The van der Waals surface area contributed by atoms with Crippen LogP contribution in [0.5, 0.6) is 0 Å². The zero-order valence-corrected chi connectivity index (χ0v) is 19.8. The quantitative estimate of drug-likeness (QED) is 0.281. The van der Waals surface area contributed by atoms with Crippen LogP contribution in [0.3, 0.4) is 0 Å². The molecule has 0 aliphatic carbocycles. The van der Waals surface area contributed by atoms with Gasteiger partial charge in [0.15, 0.2) is 5.96 Å². The third-order valence-electron chi connectivity index (χ3n) is 5.41. The normalized spacial score (nSPS) is 18.2. The molecule has 0 bridgehead atoms. The molecule has 0 saturated carbocycles. The number of nitrogens with zero attached hydrogens (tertiary/aromatic N) is 3. The van der Waals surface area contributed by atoms with Crippen LogP contribution in [0.25, 0.3) is 0 Å². The third kappa shape index (κ3) is 6.47. The van der Waals surface area contributed by atoms with Crippen LogP contribution in [0.4, 0.5) is 5.69 Å². The van der Waals surface area contributed by atoms with Crippen LogP contribution in [0.2, 0.25) is 0 Å². The van der Waals surface area contributed by atoms with Crippen molar-refractivity contribution < 1.29 is 14.3 Å². The monoisotopic (exact) mass is 516 g/mol. The number of carbonyl (C=O) groups is 1. The highest BCUT2D eigenvalue weighted by atomic mass is 127. The van der Waals surface area contributed by atoms with Gasteiger partial charge >= 0.3 is 5.97 Å². The number of aliphatic imine (C=N–C) groups is 1. The van der Waals surface area contributed by atoms with Crippen molar-refractivity contribution in [3.05, 3.63) is 29.8 Å². The van der Waals surface area contributed by atoms with E-state index in [-0.39, 0.29) is 35.9 Å². The van der Waals surface area contributed by atoms with Crippen LogP contribution in [-0.4, -0.2) is 69.9 Å². The molecule has 2 fully saturated rings. The minimum Gasteiger partial charge on any atom is -0.466 e. The molecule has 0 amide bonds. The minimum atomic E-state index is -0.0652. The largest absolute Gasteiger partial charge is 0.466 e. The third-order valence-corrected chi connectivity index (χ3v) is 5.41. The zero-order chi connectivity index (χ0) is 19.8. The Hall–Kier alpha value is -1.55. The van der Waals surface area contributed by atoms with Gasteiger partial charge in [-0.15, -0.1) is 24.0 Å². The summed E-state index contributed by atoms with van der Waals surface area (Å²) < 4.78 is 10.6. The standard InChI is InChI=1S/C21H32N4O3.HI/c1-3-28-20(26)17-8-10-25(11-9-17)21(22-2)23-16-18-6-4-5-7-19(18)24-12-14-27-15-13-24;/h4-7,17H,3,8-16H2,1-2H3,(H,22,23);1H. The first-order valence-corrected chi connectivity index (χ1v) is 10.3. The summed E-state index contributed by atoms with van der Waals surface area (Å²) >= 11 is 0. The molecule has 2 heterocycles.